The van der Waals surface area contributed by atoms with E-state index in [0.717, 1.165) is 19.3 Å². The highest BCUT2D eigenvalue weighted by Gasteiger charge is 2.39. The summed E-state index contributed by atoms with van der Waals surface area (Å²) in [6.07, 6.45) is 7.16. The molecule has 0 radical (unpaired) electrons. The quantitative estimate of drug-likeness (QED) is 0.248. The summed E-state index contributed by atoms with van der Waals surface area (Å²) in [5, 5.41) is 5.56. The van der Waals surface area contributed by atoms with E-state index in [1.807, 2.05) is 13.8 Å². The summed E-state index contributed by atoms with van der Waals surface area (Å²) < 4.78 is 10.2. The SMILES string of the molecule is CCCCCCCCC(=O)N[C@@H](CC(C)C)C(=O)NC(C)(CCC(=O)OC(C)(C)C)C(=O)OC. The summed E-state index contributed by atoms with van der Waals surface area (Å²) in [5.41, 5.74) is -2.08. The number of nitrogens with one attached hydrogen (secondary N) is 2. The Kier molecular flexibility index (Phi) is 14.7. The van der Waals surface area contributed by atoms with Crippen molar-refractivity contribution in [2.24, 2.45) is 5.92 Å². The standard InChI is InChI=1S/C26H48N2O6/c1-9-10-11-12-13-14-15-21(29)27-20(18-19(2)3)23(31)28-26(7,24(32)33-8)17-16-22(30)34-25(4,5)6/h19-20H,9-18H2,1-8H3,(H,27,29)(H,28,31)/t20-,26?/m0/s1. The van der Waals surface area contributed by atoms with Crippen molar-refractivity contribution in [2.45, 2.75) is 130 Å². The third kappa shape index (κ3) is 14.2. The number of ether oxygens (including phenoxy) is 2. The molecule has 0 aromatic carbocycles. The van der Waals surface area contributed by atoms with Crippen LogP contribution in [0.2, 0.25) is 0 Å². The fourth-order valence-corrected chi connectivity index (χ4v) is 3.58. The fourth-order valence-electron chi connectivity index (χ4n) is 3.58. The highest BCUT2D eigenvalue weighted by atomic mass is 16.6. The molecule has 0 spiro atoms. The van der Waals surface area contributed by atoms with Crippen molar-refractivity contribution in [3.63, 3.8) is 0 Å². The number of carbonyl (C=O) groups is 4. The van der Waals surface area contributed by atoms with Gasteiger partial charge in [0.15, 0.2) is 0 Å². The van der Waals surface area contributed by atoms with Crippen LogP contribution in [0.4, 0.5) is 0 Å². The van der Waals surface area contributed by atoms with Gasteiger partial charge in [0.05, 0.1) is 7.11 Å². The highest BCUT2D eigenvalue weighted by molar-refractivity contribution is 5.92. The molecule has 2 N–H and O–H groups in total. The maximum atomic E-state index is 13.1. The van der Waals surface area contributed by atoms with Crippen LogP contribution in [0.3, 0.4) is 0 Å². The van der Waals surface area contributed by atoms with Crippen LogP contribution in [-0.4, -0.2) is 48.0 Å². The van der Waals surface area contributed by atoms with Crippen LogP contribution in [-0.2, 0) is 28.7 Å². The zero-order valence-electron chi connectivity index (χ0n) is 22.7. The van der Waals surface area contributed by atoms with E-state index in [1.54, 1.807) is 20.8 Å². The lowest BCUT2D eigenvalue weighted by atomic mass is 9.94. The number of hydrogen-bond donors (Lipinski definition) is 2. The van der Waals surface area contributed by atoms with Gasteiger partial charge in [0.2, 0.25) is 11.8 Å². The third-order valence-corrected chi connectivity index (χ3v) is 5.40. The van der Waals surface area contributed by atoms with E-state index in [1.165, 1.54) is 33.3 Å². The Labute approximate surface area is 206 Å². The molecule has 8 heteroatoms. The first-order valence-corrected chi connectivity index (χ1v) is 12.7. The summed E-state index contributed by atoms with van der Waals surface area (Å²) in [6, 6.07) is -0.780. The summed E-state index contributed by atoms with van der Waals surface area (Å²) in [5.74, 6) is -1.63. The van der Waals surface area contributed by atoms with E-state index in [2.05, 4.69) is 17.6 Å². The van der Waals surface area contributed by atoms with Gasteiger partial charge in [0.25, 0.3) is 0 Å². The molecular weight excluding hydrogens is 436 g/mol. The van der Waals surface area contributed by atoms with Crippen LogP contribution in [0.25, 0.3) is 0 Å². The largest absolute Gasteiger partial charge is 0.467 e. The summed E-state index contributed by atoms with van der Waals surface area (Å²) >= 11 is 0. The molecule has 8 nitrogen and oxygen atoms in total. The Balaban J connectivity index is 5.13. The normalized spacial score (nSPS) is 14.1. The average Bonchev–Trinajstić information content (AvgIpc) is 2.72. The van der Waals surface area contributed by atoms with Gasteiger partial charge in [-0.2, -0.15) is 0 Å². The summed E-state index contributed by atoms with van der Waals surface area (Å²) in [7, 11) is 1.23. The van der Waals surface area contributed by atoms with E-state index in [9.17, 15) is 19.2 Å². The Morgan fingerprint density at radius 1 is 0.882 bits per heavy atom. The molecule has 0 aliphatic carbocycles. The predicted molar refractivity (Wildman–Crippen MR) is 133 cm³/mol. The van der Waals surface area contributed by atoms with Crippen molar-refractivity contribution in [1.82, 2.24) is 10.6 Å². The van der Waals surface area contributed by atoms with Gasteiger partial charge in [-0.3, -0.25) is 14.4 Å². The van der Waals surface area contributed by atoms with E-state index >= 15 is 0 Å². The van der Waals surface area contributed by atoms with Gasteiger partial charge in [0.1, 0.15) is 17.2 Å². The van der Waals surface area contributed by atoms with E-state index in [-0.39, 0.29) is 24.7 Å². The van der Waals surface area contributed by atoms with Crippen molar-refractivity contribution >= 4 is 23.8 Å². The molecule has 198 valence electrons. The van der Waals surface area contributed by atoms with Gasteiger partial charge in [-0.1, -0.05) is 52.9 Å². The molecule has 0 aliphatic heterocycles. The Bertz CT molecular complexity index is 656. The molecule has 0 aromatic heterocycles. The topological polar surface area (TPSA) is 111 Å². The number of amides is 2. The number of methoxy groups -OCH3 is 1. The Morgan fingerprint density at radius 3 is 2.00 bits per heavy atom. The van der Waals surface area contributed by atoms with Crippen LogP contribution >= 0.6 is 0 Å². The molecule has 34 heavy (non-hydrogen) atoms. The maximum absolute atomic E-state index is 13.1. The van der Waals surface area contributed by atoms with Gasteiger partial charge in [-0.25, -0.2) is 4.79 Å². The van der Waals surface area contributed by atoms with Gasteiger partial charge < -0.3 is 20.1 Å². The minimum Gasteiger partial charge on any atom is -0.467 e. The lowest BCUT2D eigenvalue weighted by molar-refractivity contribution is -0.157. The number of carbonyl (C=O) groups excluding carboxylic acids is 4. The Hall–Kier alpha value is -2.12. The minimum absolute atomic E-state index is 0.0143. The van der Waals surface area contributed by atoms with Gasteiger partial charge in [-0.15, -0.1) is 0 Å². The molecular formula is C26H48N2O6. The molecule has 2 amide bonds. The van der Waals surface area contributed by atoms with Gasteiger partial charge in [0, 0.05) is 12.8 Å². The third-order valence-electron chi connectivity index (χ3n) is 5.40. The lowest BCUT2D eigenvalue weighted by Crippen LogP contribution is -2.58. The molecule has 0 fully saturated rings. The number of hydrogen-bond acceptors (Lipinski definition) is 6. The van der Waals surface area contributed by atoms with Crippen molar-refractivity contribution in [3.05, 3.63) is 0 Å². The maximum Gasteiger partial charge on any atom is 0.331 e. The molecule has 2 atom stereocenters. The second-order valence-corrected chi connectivity index (χ2v) is 10.7. The molecule has 0 aliphatic rings. The number of rotatable bonds is 16. The van der Waals surface area contributed by atoms with Gasteiger partial charge in [-0.05, 0) is 52.9 Å². The minimum atomic E-state index is -1.43. The molecule has 0 saturated carbocycles. The van der Waals surface area contributed by atoms with Crippen LogP contribution < -0.4 is 10.6 Å². The molecule has 0 heterocycles. The zero-order valence-corrected chi connectivity index (χ0v) is 22.7. The summed E-state index contributed by atoms with van der Waals surface area (Å²) in [4.78, 5) is 50.3. The van der Waals surface area contributed by atoms with Crippen molar-refractivity contribution in [2.75, 3.05) is 7.11 Å². The second kappa shape index (κ2) is 15.7. The first-order chi connectivity index (χ1) is 15.7. The van der Waals surface area contributed by atoms with E-state index < -0.39 is 35.0 Å². The van der Waals surface area contributed by atoms with Crippen LogP contribution in [0, 0.1) is 5.92 Å². The lowest BCUT2D eigenvalue weighted by Gasteiger charge is -2.31. The summed E-state index contributed by atoms with van der Waals surface area (Å²) in [6.45, 7) is 12.9. The zero-order chi connectivity index (χ0) is 26.4. The van der Waals surface area contributed by atoms with Crippen molar-refractivity contribution < 1.29 is 28.7 Å². The first-order valence-electron chi connectivity index (χ1n) is 12.7. The molecule has 0 saturated heterocycles. The van der Waals surface area contributed by atoms with Crippen molar-refractivity contribution in [1.29, 1.82) is 0 Å². The highest BCUT2D eigenvalue weighted by Crippen LogP contribution is 2.19. The fraction of sp³-hybridized carbons (Fsp3) is 0.846. The predicted octanol–water partition coefficient (Wildman–Crippen LogP) is 4.44. The molecule has 0 bridgehead atoms. The van der Waals surface area contributed by atoms with Crippen LogP contribution in [0.1, 0.15) is 113 Å². The van der Waals surface area contributed by atoms with E-state index in [4.69, 9.17) is 9.47 Å². The molecule has 1 unspecified atom stereocenters. The molecule has 0 rings (SSSR count). The smallest absolute Gasteiger partial charge is 0.331 e. The first kappa shape index (κ1) is 31.9. The molecule has 0 aromatic rings. The monoisotopic (exact) mass is 484 g/mol. The van der Waals surface area contributed by atoms with Gasteiger partial charge >= 0.3 is 11.9 Å². The Morgan fingerprint density at radius 2 is 1.47 bits per heavy atom. The van der Waals surface area contributed by atoms with Crippen LogP contribution in [0.5, 0.6) is 0 Å². The van der Waals surface area contributed by atoms with Crippen molar-refractivity contribution in [3.8, 4) is 0 Å². The average molecular weight is 485 g/mol. The van der Waals surface area contributed by atoms with E-state index in [0.29, 0.717) is 12.8 Å². The number of unbranched alkanes of at least 4 members (excludes halogenated alkanes) is 5. The van der Waals surface area contributed by atoms with Crippen LogP contribution in [0.15, 0.2) is 0 Å². The number of esters is 2. The second-order valence-electron chi connectivity index (χ2n) is 10.7.